The van der Waals surface area contributed by atoms with Gasteiger partial charge in [-0.25, -0.2) is 4.98 Å². The van der Waals surface area contributed by atoms with E-state index in [-0.39, 0.29) is 12.4 Å². The summed E-state index contributed by atoms with van der Waals surface area (Å²) in [6, 6.07) is 5.89. The summed E-state index contributed by atoms with van der Waals surface area (Å²) in [5, 5.41) is 27.7. The third-order valence-corrected chi connectivity index (χ3v) is 4.98. The molecule has 8 nitrogen and oxygen atoms in total. The standard InChI is InChI=1S/C17H26N4O2.C6H9NO.C2H6/c1-20-16-5-4-14(13-22)12-15(16)19-17(20)18-6-2-7-21-8-3-10-23-11-9-21;1-2-3-4-6(8)5-7;1-2/h4-5,12,22H,2-3,6-11,13H2,1H3,(H,18,19);2-5,7-8H,1H3;1-2H3/b;3-2+,6-4+,7-5?;. The van der Waals surface area contributed by atoms with Gasteiger partial charge in [0.2, 0.25) is 5.95 Å². The van der Waals surface area contributed by atoms with Crippen molar-refractivity contribution in [2.24, 2.45) is 7.05 Å². The van der Waals surface area contributed by atoms with Crippen LogP contribution < -0.4 is 5.32 Å². The molecule has 0 radical (unpaired) electrons. The third-order valence-electron chi connectivity index (χ3n) is 4.98. The van der Waals surface area contributed by atoms with Crippen molar-refractivity contribution in [3.8, 4) is 0 Å². The van der Waals surface area contributed by atoms with Crippen molar-refractivity contribution in [1.82, 2.24) is 14.5 Å². The minimum absolute atomic E-state index is 0.0249. The van der Waals surface area contributed by atoms with Gasteiger partial charge in [0.15, 0.2) is 0 Å². The fourth-order valence-corrected chi connectivity index (χ4v) is 3.27. The third kappa shape index (κ3) is 10.2. The number of hydrogen-bond acceptors (Lipinski definition) is 7. The van der Waals surface area contributed by atoms with E-state index in [1.54, 1.807) is 12.2 Å². The van der Waals surface area contributed by atoms with Crippen LogP contribution in [0.1, 0.15) is 39.2 Å². The Morgan fingerprint density at radius 1 is 1.27 bits per heavy atom. The zero-order chi connectivity index (χ0) is 24.5. The molecule has 0 spiro atoms. The van der Waals surface area contributed by atoms with Gasteiger partial charge in [-0.3, -0.25) is 0 Å². The lowest BCUT2D eigenvalue weighted by molar-refractivity contribution is 0.141. The molecule has 0 amide bonds. The number of imidazole rings is 1. The lowest BCUT2D eigenvalue weighted by Crippen LogP contribution is -2.28. The molecule has 3 rings (SSSR count). The summed E-state index contributed by atoms with van der Waals surface area (Å²) >= 11 is 0. The molecule has 184 valence electrons. The molecule has 0 bridgehead atoms. The number of aliphatic hydroxyl groups is 2. The molecule has 2 aromatic rings. The van der Waals surface area contributed by atoms with Crippen molar-refractivity contribution in [2.45, 2.75) is 40.2 Å². The van der Waals surface area contributed by atoms with Crippen LogP contribution in [0.3, 0.4) is 0 Å². The van der Waals surface area contributed by atoms with Crippen molar-refractivity contribution in [3.05, 3.63) is 47.7 Å². The van der Waals surface area contributed by atoms with Gasteiger partial charge in [0, 0.05) is 33.3 Å². The molecule has 1 fully saturated rings. The topological polar surface area (TPSA) is 107 Å². The number of nitrogens with one attached hydrogen (secondary N) is 2. The maximum Gasteiger partial charge on any atom is 0.203 e. The quantitative estimate of drug-likeness (QED) is 0.203. The van der Waals surface area contributed by atoms with E-state index < -0.39 is 0 Å². The number of nitrogens with zero attached hydrogens (tertiary/aromatic N) is 3. The summed E-state index contributed by atoms with van der Waals surface area (Å²) in [6.07, 6.45) is 8.00. The van der Waals surface area contributed by atoms with Crippen LogP contribution in [0.4, 0.5) is 5.95 Å². The second-order valence-electron chi connectivity index (χ2n) is 7.33. The number of aromatic nitrogens is 2. The van der Waals surface area contributed by atoms with Crippen LogP contribution in [0, 0.1) is 5.41 Å². The molecule has 4 N–H and O–H groups in total. The summed E-state index contributed by atoms with van der Waals surface area (Å²) in [4.78, 5) is 7.10. The molecule has 1 aliphatic rings. The smallest absolute Gasteiger partial charge is 0.203 e. The van der Waals surface area contributed by atoms with Gasteiger partial charge in [-0.2, -0.15) is 0 Å². The van der Waals surface area contributed by atoms with E-state index in [0.29, 0.717) is 0 Å². The summed E-state index contributed by atoms with van der Waals surface area (Å²) in [7, 11) is 2.02. The van der Waals surface area contributed by atoms with Gasteiger partial charge in [-0.05, 0) is 50.1 Å². The molecule has 1 aromatic carbocycles. The number of benzene rings is 1. The second-order valence-corrected chi connectivity index (χ2v) is 7.33. The minimum atomic E-state index is -0.0249. The first-order valence-electron chi connectivity index (χ1n) is 11.7. The fourth-order valence-electron chi connectivity index (χ4n) is 3.27. The van der Waals surface area contributed by atoms with Gasteiger partial charge >= 0.3 is 0 Å². The normalized spacial score (nSPS) is 14.8. The molecule has 0 saturated carbocycles. The molecular formula is C25H41N5O3. The van der Waals surface area contributed by atoms with E-state index in [2.05, 4.69) is 19.8 Å². The highest BCUT2D eigenvalue weighted by molar-refractivity contribution is 5.79. The zero-order valence-electron chi connectivity index (χ0n) is 20.5. The summed E-state index contributed by atoms with van der Waals surface area (Å²) in [6.45, 7) is 11.8. The molecule has 1 saturated heterocycles. The lowest BCUT2D eigenvalue weighted by atomic mass is 10.2. The number of aliphatic hydroxyl groups excluding tert-OH is 2. The predicted molar refractivity (Wildman–Crippen MR) is 137 cm³/mol. The number of anilines is 1. The Morgan fingerprint density at radius 2 is 2.06 bits per heavy atom. The van der Waals surface area contributed by atoms with E-state index in [9.17, 15) is 5.11 Å². The zero-order valence-corrected chi connectivity index (χ0v) is 20.5. The van der Waals surface area contributed by atoms with E-state index in [1.807, 2.05) is 46.0 Å². The van der Waals surface area contributed by atoms with Crippen molar-refractivity contribution < 1.29 is 14.9 Å². The average molecular weight is 460 g/mol. The molecule has 0 atom stereocenters. The van der Waals surface area contributed by atoms with E-state index in [1.165, 1.54) is 6.08 Å². The number of ether oxygens (including phenoxy) is 1. The maximum absolute atomic E-state index is 9.23. The van der Waals surface area contributed by atoms with Crippen LogP contribution in [-0.4, -0.2) is 70.3 Å². The van der Waals surface area contributed by atoms with Crippen LogP contribution in [0.2, 0.25) is 0 Å². The Hall–Kier alpha value is -2.68. The first-order valence-corrected chi connectivity index (χ1v) is 11.7. The highest BCUT2D eigenvalue weighted by Gasteiger charge is 2.10. The van der Waals surface area contributed by atoms with Gasteiger partial charge in [-0.15, -0.1) is 0 Å². The van der Waals surface area contributed by atoms with Crippen molar-refractivity contribution in [1.29, 1.82) is 5.41 Å². The highest BCUT2D eigenvalue weighted by Crippen LogP contribution is 2.19. The van der Waals surface area contributed by atoms with Gasteiger partial charge < -0.3 is 35.1 Å². The Bertz CT molecular complexity index is 868. The van der Waals surface area contributed by atoms with Crippen LogP contribution in [-0.2, 0) is 18.4 Å². The largest absolute Gasteiger partial charge is 0.506 e. The Balaban J connectivity index is 0.000000464. The second kappa shape index (κ2) is 16.9. The van der Waals surface area contributed by atoms with Crippen LogP contribution in [0.15, 0.2) is 42.2 Å². The number of fused-ring (bicyclic) bond motifs is 1. The molecule has 1 aromatic heterocycles. The Kier molecular flexibility index (Phi) is 14.5. The number of hydrogen-bond donors (Lipinski definition) is 4. The monoisotopic (exact) mass is 459 g/mol. The van der Waals surface area contributed by atoms with E-state index in [4.69, 9.17) is 15.3 Å². The van der Waals surface area contributed by atoms with Crippen LogP contribution >= 0.6 is 0 Å². The van der Waals surface area contributed by atoms with Crippen LogP contribution in [0.5, 0.6) is 0 Å². The summed E-state index contributed by atoms with van der Waals surface area (Å²) in [5.41, 5.74) is 2.89. The number of allylic oxidation sites excluding steroid dienone is 4. The highest BCUT2D eigenvalue weighted by atomic mass is 16.5. The Morgan fingerprint density at radius 3 is 2.76 bits per heavy atom. The van der Waals surface area contributed by atoms with Crippen molar-refractivity contribution >= 4 is 23.2 Å². The molecule has 0 aliphatic carbocycles. The van der Waals surface area contributed by atoms with Crippen molar-refractivity contribution in [3.63, 3.8) is 0 Å². The average Bonchev–Trinajstić information content (AvgIpc) is 3.00. The minimum Gasteiger partial charge on any atom is -0.506 e. The maximum atomic E-state index is 9.23. The summed E-state index contributed by atoms with van der Waals surface area (Å²) < 4.78 is 7.55. The van der Waals surface area contributed by atoms with Gasteiger partial charge in [0.25, 0.3) is 0 Å². The van der Waals surface area contributed by atoms with Crippen molar-refractivity contribution in [2.75, 3.05) is 44.7 Å². The predicted octanol–water partition coefficient (Wildman–Crippen LogP) is 4.27. The fraction of sp³-hybridized carbons (Fsp3) is 0.520. The number of aryl methyl sites for hydroxylation is 1. The molecule has 0 unspecified atom stereocenters. The molecular weight excluding hydrogens is 418 g/mol. The SMILES string of the molecule is C/C=C/C=C(/O)C=N.CC.Cn1c(NCCCN2CCCOCC2)nc2cc(CO)ccc21. The molecule has 8 heteroatoms. The van der Waals surface area contributed by atoms with Gasteiger partial charge in [-0.1, -0.05) is 32.1 Å². The van der Waals surface area contributed by atoms with Crippen LogP contribution in [0.25, 0.3) is 11.0 Å². The van der Waals surface area contributed by atoms with E-state index >= 15 is 0 Å². The van der Waals surface area contributed by atoms with Gasteiger partial charge in [0.05, 0.1) is 30.5 Å². The summed E-state index contributed by atoms with van der Waals surface area (Å²) in [5.74, 6) is 0.859. The molecule has 33 heavy (non-hydrogen) atoms. The Labute approximate surface area is 198 Å². The lowest BCUT2D eigenvalue weighted by Gasteiger charge is -2.18. The van der Waals surface area contributed by atoms with E-state index in [0.717, 1.165) is 81.0 Å². The number of rotatable bonds is 8. The molecule has 2 heterocycles. The molecule has 1 aliphatic heterocycles. The first-order chi connectivity index (χ1) is 16.1. The van der Waals surface area contributed by atoms with Gasteiger partial charge in [0.1, 0.15) is 5.76 Å². The first kappa shape index (κ1) is 28.4.